The van der Waals surface area contributed by atoms with Gasteiger partial charge in [-0.25, -0.2) is 4.79 Å². The average molecular weight is 494 g/mol. The van der Waals surface area contributed by atoms with E-state index < -0.39 is 47.9 Å². The molecular formula is C22H31N5O6S. The van der Waals surface area contributed by atoms with Crippen LogP contribution < -0.4 is 27.0 Å². The third kappa shape index (κ3) is 8.67. The summed E-state index contributed by atoms with van der Waals surface area (Å²) in [5.74, 6) is -3.84. The number of carbonyl (C=O) groups is 5. The zero-order valence-electron chi connectivity index (χ0n) is 18.7. The molecule has 1 aliphatic rings. The molecule has 1 aromatic rings. The monoisotopic (exact) mass is 493 g/mol. The number of rotatable bonds is 13. The van der Waals surface area contributed by atoms with Crippen LogP contribution in [-0.4, -0.2) is 71.2 Å². The molecule has 0 bridgehead atoms. The predicted octanol–water partition coefficient (Wildman–Crippen LogP) is -1.28. The average Bonchev–Trinajstić information content (AvgIpc) is 3.35. The Bertz CT molecular complexity index is 878. The van der Waals surface area contributed by atoms with Gasteiger partial charge >= 0.3 is 5.97 Å². The van der Waals surface area contributed by atoms with Gasteiger partial charge in [0.1, 0.15) is 18.1 Å². The van der Waals surface area contributed by atoms with Gasteiger partial charge in [-0.15, -0.1) is 0 Å². The van der Waals surface area contributed by atoms with E-state index in [2.05, 4.69) is 33.9 Å². The first-order valence-electron chi connectivity index (χ1n) is 11.0. The Morgan fingerprint density at radius 2 is 1.68 bits per heavy atom. The molecule has 0 aliphatic carbocycles. The van der Waals surface area contributed by atoms with Crippen LogP contribution in [0.5, 0.6) is 0 Å². The van der Waals surface area contributed by atoms with Gasteiger partial charge in [0.15, 0.2) is 0 Å². The van der Waals surface area contributed by atoms with Crippen LogP contribution in [0.2, 0.25) is 0 Å². The van der Waals surface area contributed by atoms with Crippen LogP contribution in [0.1, 0.15) is 31.2 Å². The molecule has 11 nitrogen and oxygen atoms in total. The zero-order chi connectivity index (χ0) is 25.1. The van der Waals surface area contributed by atoms with Crippen molar-refractivity contribution in [3.8, 4) is 0 Å². The molecular weight excluding hydrogens is 462 g/mol. The highest BCUT2D eigenvalue weighted by Crippen LogP contribution is 2.08. The van der Waals surface area contributed by atoms with Crippen LogP contribution in [-0.2, 0) is 30.4 Å². The highest BCUT2D eigenvalue weighted by molar-refractivity contribution is 7.80. The van der Waals surface area contributed by atoms with Gasteiger partial charge in [0, 0.05) is 18.6 Å². The number of carbonyl (C=O) groups excluding carboxylic acids is 4. The maximum atomic E-state index is 13.1. The lowest BCUT2D eigenvalue weighted by Crippen LogP contribution is -2.58. The number of amides is 4. The highest BCUT2D eigenvalue weighted by atomic mass is 32.1. The Labute approximate surface area is 203 Å². The van der Waals surface area contributed by atoms with Gasteiger partial charge in [-0.1, -0.05) is 30.3 Å². The van der Waals surface area contributed by atoms with Gasteiger partial charge in [-0.3, -0.25) is 19.2 Å². The fourth-order valence-corrected chi connectivity index (χ4v) is 3.78. The lowest BCUT2D eigenvalue weighted by atomic mass is 10.0. The van der Waals surface area contributed by atoms with Gasteiger partial charge in [-0.05, 0) is 31.4 Å². The van der Waals surface area contributed by atoms with Crippen molar-refractivity contribution < 1.29 is 29.1 Å². The topological polar surface area (TPSA) is 180 Å². The van der Waals surface area contributed by atoms with E-state index in [1.165, 1.54) is 0 Å². The van der Waals surface area contributed by atoms with Gasteiger partial charge in [0.2, 0.25) is 23.6 Å². The number of hydrogen-bond acceptors (Lipinski definition) is 7. The van der Waals surface area contributed by atoms with Gasteiger partial charge in [-0.2, -0.15) is 12.6 Å². The SMILES string of the molecule is NC(=O)CCC(NC(=O)C(CS)NC(=O)C(Cc1ccccc1)NC(=O)C1CCCN1)C(=O)O. The van der Waals surface area contributed by atoms with Gasteiger partial charge in [0.25, 0.3) is 0 Å². The second kappa shape index (κ2) is 13.6. The summed E-state index contributed by atoms with van der Waals surface area (Å²) in [4.78, 5) is 60.7. The van der Waals surface area contributed by atoms with Crippen molar-refractivity contribution in [2.45, 2.75) is 56.3 Å². The normalized spacial score (nSPS) is 17.7. The maximum absolute atomic E-state index is 13.1. The van der Waals surface area contributed by atoms with Crippen LogP contribution in [0.4, 0.5) is 0 Å². The van der Waals surface area contributed by atoms with E-state index in [0.717, 1.165) is 18.5 Å². The van der Waals surface area contributed by atoms with Crippen molar-refractivity contribution >= 4 is 42.2 Å². The Kier molecular flexibility index (Phi) is 10.8. The largest absolute Gasteiger partial charge is 0.480 e. The lowest BCUT2D eigenvalue weighted by Gasteiger charge is -2.24. The molecule has 0 aromatic heterocycles. The molecule has 1 fully saturated rings. The number of hydrogen-bond donors (Lipinski definition) is 7. The van der Waals surface area contributed by atoms with Gasteiger partial charge < -0.3 is 32.1 Å². The zero-order valence-corrected chi connectivity index (χ0v) is 19.6. The van der Waals surface area contributed by atoms with Crippen molar-refractivity contribution in [3.63, 3.8) is 0 Å². The number of carboxylic acids is 1. The number of nitrogens with one attached hydrogen (secondary N) is 4. The Morgan fingerprint density at radius 1 is 1.03 bits per heavy atom. The van der Waals surface area contributed by atoms with E-state index in [1.807, 2.05) is 30.3 Å². The predicted molar refractivity (Wildman–Crippen MR) is 127 cm³/mol. The summed E-state index contributed by atoms with van der Waals surface area (Å²) in [5, 5.41) is 20.0. The lowest BCUT2D eigenvalue weighted by molar-refractivity contribution is -0.142. The minimum Gasteiger partial charge on any atom is -0.480 e. The third-order valence-corrected chi connectivity index (χ3v) is 5.77. The molecule has 34 heavy (non-hydrogen) atoms. The molecule has 0 spiro atoms. The molecule has 4 atom stereocenters. The summed E-state index contributed by atoms with van der Waals surface area (Å²) in [6, 6.07) is 5.23. The fourth-order valence-electron chi connectivity index (χ4n) is 3.52. The standard InChI is InChI=1S/C22H31N5O6S/c23-18(28)9-8-15(22(32)33)25-21(31)17(12-34)27-20(30)16(11-13-5-2-1-3-6-13)26-19(29)14-7-4-10-24-14/h1-3,5-6,14-17,24,34H,4,7-12H2,(H2,23,28)(H,25,31)(H,26,29)(H,27,30)(H,32,33). The summed E-state index contributed by atoms with van der Waals surface area (Å²) < 4.78 is 0. The van der Waals surface area contributed by atoms with E-state index in [9.17, 15) is 29.1 Å². The number of thiol groups is 1. The summed E-state index contributed by atoms with van der Waals surface area (Å²) in [6.07, 6.45) is 1.30. The molecule has 186 valence electrons. The summed E-state index contributed by atoms with van der Waals surface area (Å²) in [7, 11) is 0. The van der Waals surface area contributed by atoms with Crippen molar-refractivity contribution in [2.24, 2.45) is 5.73 Å². The number of nitrogens with two attached hydrogens (primary N) is 1. The van der Waals surface area contributed by atoms with Crippen molar-refractivity contribution in [2.75, 3.05) is 12.3 Å². The molecule has 1 saturated heterocycles. The van der Waals surface area contributed by atoms with Crippen LogP contribution >= 0.6 is 12.6 Å². The molecule has 2 rings (SSSR count). The maximum Gasteiger partial charge on any atom is 0.326 e. The number of carboxylic acid groups (broad SMARTS) is 1. The minimum absolute atomic E-state index is 0.115. The first-order valence-corrected chi connectivity index (χ1v) is 11.6. The van der Waals surface area contributed by atoms with Gasteiger partial charge in [0.05, 0.1) is 6.04 Å². The molecule has 4 unspecified atom stereocenters. The van der Waals surface area contributed by atoms with E-state index in [4.69, 9.17) is 5.73 Å². The molecule has 1 heterocycles. The smallest absolute Gasteiger partial charge is 0.326 e. The van der Waals surface area contributed by atoms with Crippen LogP contribution in [0, 0.1) is 0 Å². The Hall–Kier alpha value is -3.12. The second-order valence-corrected chi connectivity index (χ2v) is 8.41. The minimum atomic E-state index is -1.35. The van der Waals surface area contributed by atoms with E-state index >= 15 is 0 Å². The molecule has 0 saturated carbocycles. The molecule has 1 aliphatic heterocycles. The fraction of sp³-hybridized carbons (Fsp3) is 0.500. The molecule has 4 amide bonds. The molecule has 1 aromatic carbocycles. The van der Waals surface area contributed by atoms with E-state index in [1.54, 1.807) is 0 Å². The number of aliphatic carboxylic acids is 1. The van der Waals surface area contributed by atoms with Crippen LogP contribution in [0.25, 0.3) is 0 Å². The van der Waals surface area contributed by atoms with Crippen LogP contribution in [0.3, 0.4) is 0 Å². The molecule has 0 radical (unpaired) electrons. The van der Waals surface area contributed by atoms with E-state index in [-0.39, 0.29) is 30.9 Å². The molecule has 7 N–H and O–H groups in total. The third-order valence-electron chi connectivity index (χ3n) is 5.40. The Balaban J connectivity index is 2.08. The Morgan fingerprint density at radius 3 is 2.24 bits per heavy atom. The first kappa shape index (κ1) is 27.1. The highest BCUT2D eigenvalue weighted by Gasteiger charge is 2.31. The summed E-state index contributed by atoms with van der Waals surface area (Å²) in [5.41, 5.74) is 5.86. The van der Waals surface area contributed by atoms with E-state index in [0.29, 0.717) is 6.42 Å². The second-order valence-electron chi connectivity index (χ2n) is 8.05. The molecule has 12 heteroatoms. The summed E-state index contributed by atoms with van der Waals surface area (Å²) >= 11 is 4.10. The number of primary amides is 1. The van der Waals surface area contributed by atoms with Crippen LogP contribution in [0.15, 0.2) is 30.3 Å². The van der Waals surface area contributed by atoms with Crippen molar-refractivity contribution in [1.29, 1.82) is 0 Å². The summed E-state index contributed by atoms with van der Waals surface area (Å²) in [6.45, 7) is 0.718. The quantitative estimate of drug-likeness (QED) is 0.167. The van der Waals surface area contributed by atoms with Crippen molar-refractivity contribution in [1.82, 2.24) is 21.3 Å². The first-order chi connectivity index (χ1) is 16.2. The van der Waals surface area contributed by atoms with Crippen molar-refractivity contribution in [3.05, 3.63) is 35.9 Å². The number of benzene rings is 1.